The molecule has 3 N–H and O–H groups in total. The molecule has 3 atom stereocenters. The smallest absolute Gasteiger partial charge is 0.274 e. The van der Waals surface area contributed by atoms with Gasteiger partial charge in [-0.15, -0.1) is 0 Å². The number of nitrogens with one attached hydrogen (secondary N) is 1. The number of carbonyl (C=O) groups is 1. The van der Waals surface area contributed by atoms with Crippen LogP contribution in [0.5, 0.6) is 17.2 Å². The minimum atomic E-state index is -0.687. The van der Waals surface area contributed by atoms with Crippen molar-refractivity contribution in [3.8, 4) is 17.2 Å². The van der Waals surface area contributed by atoms with Gasteiger partial charge >= 0.3 is 0 Å². The van der Waals surface area contributed by atoms with Crippen molar-refractivity contribution in [2.24, 2.45) is 5.84 Å². The number of fused-ring (bicyclic) bond motifs is 1. The predicted molar refractivity (Wildman–Crippen MR) is 128 cm³/mol. The Morgan fingerprint density at radius 2 is 1.67 bits per heavy atom. The van der Waals surface area contributed by atoms with E-state index < -0.39 is 11.7 Å². The van der Waals surface area contributed by atoms with Crippen molar-refractivity contribution >= 4 is 5.91 Å². The summed E-state index contributed by atoms with van der Waals surface area (Å²) >= 11 is 0. The normalized spacial score (nSPS) is 19.5. The van der Waals surface area contributed by atoms with E-state index in [4.69, 9.17) is 20.1 Å². The molecule has 0 bridgehead atoms. The largest absolute Gasteiger partial charge is 0.497 e. The summed E-state index contributed by atoms with van der Waals surface area (Å²) in [4.78, 5) is 11.7. The van der Waals surface area contributed by atoms with Crippen LogP contribution in [0, 0.1) is 0 Å². The van der Waals surface area contributed by atoms with Crippen LogP contribution in [0.4, 0.5) is 0 Å². The molecule has 1 unspecified atom stereocenters. The summed E-state index contributed by atoms with van der Waals surface area (Å²) in [5.41, 5.74) is 5.10. The molecule has 1 aliphatic heterocycles. The number of amides is 1. The summed E-state index contributed by atoms with van der Waals surface area (Å²) < 4.78 is 17.7. The zero-order chi connectivity index (χ0) is 23.6. The fraction of sp³-hybridized carbons (Fsp3) is 0.296. The van der Waals surface area contributed by atoms with E-state index in [1.807, 2.05) is 30.3 Å². The number of hydrazine groups is 1. The summed E-state index contributed by atoms with van der Waals surface area (Å²) in [6.45, 7) is 5.92. The van der Waals surface area contributed by atoms with Gasteiger partial charge in [0.2, 0.25) is 0 Å². The fourth-order valence-electron chi connectivity index (χ4n) is 4.67. The molecule has 0 fully saturated rings. The highest BCUT2D eigenvalue weighted by molar-refractivity contribution is 5.80. The van der Waals surface area contributed by atoms with Crippen molar-refractivity contribution in [1.82, 2.24) is 5.43 Å². The molecule has 6 heteroatoms. The molecule has 4 rings (SSSR count). The second kappa shape index (κ2) is 9.16. The molecule has 0 aromatic heterocycles. The topological polar surface area (TPSA) is 82.8 Å². The summed E-state index contributed by atoms with van der Waals surface area (Å²) in [6, 6.07) is 24.4. The van der Waals surface area contributed by atoms with Crippen LogP contribution in [0.25, 0.3) is 0 Å². The second-order valence-corrected chi connectivity index (χ2v) is 8.81. The van der Waals surface area contributed by atoms with E-state index in [-0.39, 0.29) is 17.7 Å². The Morgan fingerprint density at radius 1 is 1.00 bits per heavy atom. The number of ether oxygens (including phenoxy) is 3. The van der Waals surface area contributed by atoms with Crippen LogP contribution in [0.2, 0.25) is 0 Å². The minimum Gasteiger partial charge on any atom is -0.497 e. The Bertz CT molecular complexity index is 1110. The molecule has 33 heavy (non-hydrogen) atoms. The molecule has 1 amide bonds. The van der Waals surface area contributed by atoms with Gasteiger partial charge in [-0.05, 0) is 50.1 Å². The molecule has 0 radical (unpaired) electrons. The first kappa shape index (κ1) is 22.7. The van der Waals surface area contributed by atoms with E-state index in [0.29, 0.717) is 5.75 Å². The van der Waals surface area contributed by atoms with Gasteiger partial charge in [-0.3, -0.25) is 10.2 Å². The Morgan fingerprint density at radius 3 is 2.30 bits per heavy atom. The lowest BCUT2D eigenvalue weighted by atomic mass is 9.68. The van der Waals surface area contributed by atoms with Crippen LogP contribution in [0.15, 0.2) is 72.8 Å². The van der Waals surface area contributed by atoms with Gasteiger partial charge in [0.05, 0.1) is 7.11 Å². The molecule has 0 spiro atoms. The number of carbonyl (C=O) groups excluding carboxylic acids is 1. The lowest BCUT2D eigenvalue weighted by Gasteiger charge is -2.45. The highest BCUT2D eigenvalue weighted by Gasteiger charge is 2.45. The summed E-state index contributed by atoms with van der Waals surface area (Å²) in [5, 5.41) is 0. The van der Waals surface area contributed by atoms with E-state index in [0.717, 1.165) is 22.6 Å². The van der Waals surface area contributed by atoms with Gasteiger partial charge in [0, 0.05) is 23.5 Å². The Balaban J connectivity index is 1.78. The van der Waals surface area contributed by atoms with Crippen molar-refractivity contribution in [3.63, 3.8) is 0 Å². The van der Waals surface area contributed by atoms with Crippen molar-refractivity contribution < 1.29 is 19.0 Å². The molecular formula is C27H30N2O4. The lowest BCUT2D eigenvalue weighted by molar-refractivity contribution is -0.127. The highest BCUT2D eigenvalue weighted by Crippen LogP contribution is 2.53. The maximum Gasteiger partial charge on any atom is 0.274 e. The van der Waals surface area contributed by atoms with Crippen molar-refractivity contribution in [2.45, 2.75) is 44.3 Å². The van der Waals surface area contributed by atoms with Crippen LogP contribution >= 0.6 is 0 Å². The molecule has 3 aromatic rings. The first-order valence-corrected chi connectivity index (χ1v) is 11.0. The van der Waals surface area contributed by atoms with E-state index in [1.165, 1.54) is 5.56 Å². The van der Waals surface area contributed by atoms with Crippen LogP contribution < -0.4 is 25.5 Å². The molecule has 1 heterocycles. The van der Waals surface area contributed by atoms with Gasteiger partial charge in [-0.25, -0.2) is 5.84 Å². The molecule has 0 saturated carbocycles. The zero-order valence-corrected chi connectivity index (χ0v) is 19.4. The summed E-state index contributed by atoms with van der Waals surface area (Å²) in [6.07, 6.45) is -0.687. The Labute approximate surface area is 194 Å². The third-order valence-corrected chi connectivity index (χ3v) is 6.23. The molecule has 172 valence electrons. The van der Waals surface area contributed by atoms with E-state index >= 15 is 0 Å². The van der Waals surface area contributed by atoms with Gasteiger partial charge in [0.1, 0.15) is 22.8 Å². The Hall–Kier alpha value is -3.51. The summed E-state index contributed by atoms with van der Waals surface area (Å²) in [5.74, 6) is 7.15. The van der Waals surface area contributed by atoms with Crippen molar-refractivity contribution in [3.05, 3.63) is 89.5 Å². The van der Waals surface area contributed by atoms with E-state index in [1.54, 1.807) is 14.0 Å². The quantitative estimate of drug-likeness (QED) is 0.330. The SMILES string of the molecule is COc1ccc2c(c1)OC(C)(C)[C@H](c1ccccc1)[C@@H]2c1ccc(OC(C)C(=O)NN)cc1. The van der Waals surface area contributed by atoms with Gasteiger partial charge in [-0.1, -0.05) is 48.5 Å². The van der Waals surface area contributed by atoms with Gasteiger partial charge < -0.3 is 14.2 Å². The van der Waals surface area contributed by atoms with Gasteiger partial charge in [0.25, 0.3) is 5.91 Å². The Kier molecular flexibility index (Phi) is 6.29. The number of rotatable bonds is 6. The number of benzene rings is 3. The van der Waals surface area contributed by atoms with E-state index in [9.17, 15) is 4.79 Å². The van der Waals surface area contributed by atoms with Crippen LogP contribution in [0.1, 0.15) is 49.3 Å². The average molecular weight is 447 g/mol. The summed E-state index contributed by atoms with van der Waals surface area (Å²) in [7, 11) is 1.66. The van der Waals surface area contributed by atoms with E-state index in [2.05, 4.69) is 61.7 Å². The standard InChI is InChI=1S/C27H30N2O4/c1-17(26(30)29-28)32-20-12-10-18(11-13-20)24-22-15-14-21(31-4)16-23(22)33-27(2,3)25(24)19-8-6-5-7-9-19/h5-17,24-25H,28H2,1-4H3,(H,29,30)/t17?,24-,25-/m1/s1. The average Bonchev–Trinajstić information content (AvgIpc) is 2.82. The number of methoxy groups -OCH3 is 1. The third-order valence-electron chi connectivity index (χ3n) is 6.23. The molecule has 6 nitrogen and oxygen atoms in total. The van der Waals surface area contributed by atoms with Crippen LogP contribution in [-0.4, -0.2) is 24.7 Å². The van der Waals surface area contributed by atoms with Crippen molar-refractivity contribution in [2.75, 3.05) is 7.11 Å². The maximum atomic E-state index is 11.7. The monoisotopic (exact) mass is 446 g/mol. The van der Waals surface area contributed by atoms with Crippen LogP contribution in [0.3, 0.4) is 0 Å². The van der Waals surface area contributed by atoms with Crippen LogP contribution in [-0.2, 0) is 4.79 Å². The number of nitrogens with two attached hydrogens (primary N) is 1. The molecule has 0 saturated heterocycles. The van der Waals surface area contributed by atoms with Crippen molar-refractivity contribution in [1.29, 1.82) is 0 Å². The lowest BCUT2D eigenvalue weighted by Crippen LogP contribution is -2.43. The second-order valence-electron chi connectivity index (χ2n) is 8.81. The zero-order valence-electron chi connectivity index (χ0n) is 19.4. The maximum absolute atomic E-state index is 11.7. The predicted octanol–water partition coefficient (Wildman–Crippen LogP) is 4.54. The molecule has 3 aromatic carbocycles. The van der Waals surface area contributed by atoms with Gasteiger partial charge in [0.15, 0.2) is 6.10 Å². The highest BCUT2D eigenvalue weighted by atomic mass is 16.5. The molecule has 0 aliphatic carbocycles. The fourth-order valence-corrected chi connectivity index (χ4v) is 4.67. The minimum absolute atomic E-state index is 0.0517. The first-order valence-electron chi connectivity index (χ1n) is 11.0. The number of hydrogen-bond donors (Lipinski definition) is 2. The molecular weight excluding hydrogens is 416 g/mol. The third kappa shape index (κ3) is 4.52. The first-order chi connectivity index (χ1) is 15.8. The number of hydrogen-bond acceptors (Lipinski definition) is 5. The van der Waals surface area contributed by atoms with Gasteiger partial charge in [-0.2, -0.15) is 0 Å². The molecule has 1 aliphatic rings.